The molecule has 0 radical (unpaired) electrons. The number of ketones is 1. The van der Waals surface area contributed by atoms with Crippen molar-refractivity contribution in [1.29, 1.82) is 0 Å². The first kappa shape index (κ1) is 14.3. The number of carbonyl (C=O) groups is 1. The molecular weight excluding hydrogens is 248 g/mol. The molecule has 0 aromatic heterocycles. The average Bonchev–Trinajstić information content (AvgIpc) is 2.47. The van der Waals surface area contributed by atoms with Gasteiger partial charge >= 0.3 is 0 Å². The van der Waals surface area contributed by atoms with E-state index >= 15 is 0 Å². The molecule has 2 heteroatoms. The molecule has 104 valence electrons. The van der Waals surface area contributed by atoms with E-state index in [4.69, 9.17) is 4.74 Å². The Morgan fingerprint density at radius 1 is 1.00 bits per heavy atom. The number of carbonyl (C=O) groups excluding carboxylic acids is 1. The lowest BCUT2D eigenvalue weighted by atomic mass is 10.0. The van der Waals surface area contributed by atoms with Crippen molar-refractivity contribution < 1.29 is 9.53 Å². The van der Waals surface area contributed by atoms with Crippen molar-refractivity contribution in [2.45, 2.75) is 32.3 Å². The van der Waals surface area contributed by atoms with E-state index in [1.54, 1.807) is 0 Å². The lowest BCUT2D eigenvalue weighted by Crippen LogP contribution is -2.17. The van der Waals surface area contributed by atoms with Gasteiger partial charge in [-0.05, 0) is 31.0 Å². The van der Waals surface area contributed by atoms with Gasteiger partial charge in [0.1, 0.15) is 17.6 Å². The molecule has 20 heavy (non-hydrogen) atoms. The Balaban J connectivity index is 1.74. The van der Waals surface area contributed by atoms with Crippen LogP contribution in [0.4, 0.5) is 0 Å². The Kier molecular flexibility index (Phi) is 5.36. The highest BCUT2D eigenvalue weighted by Crippen LogP contribution is 2.13. The molecular formula is C18H20O2. The zero-order chi connectivity index (χ0) is 14.2. The molecule has 2 aromatic rings. The van der Waals surface area contributed by atoms with Crippen molar-refractivity contribution in [2.75, 3.05) is 0 Å². The number of para-hydroxylation sites is 1. The van der Waals surface area contributed by atoms with Crippen molar-refractivity contribution in [3.05, 3.63) is 66.2 Å². The maximum absolute atomic E-state index is 11.9. The third kappa shape index (κ3) is 4.88. The quantitative estimate of drug-likeness (QED) is 0.757. The number of hydrogen-bond donors (Lipinski definition) is 0. The molecule has 1 atom stereocenters. The van der Waals surface area contributed by atoms with E-state index in [2.05, 4.69) is 12.1 Å². The summed E-state index contributed by atoms with van der Waals surface area (Å²) in [6.07, 6.45) is 1.76. The van der Waals surface area contributed by atoms with Crippen LogP contribution in [0, 0.1) is 0 Å². The first-order valence-electron chi connectivity index (χ1n) is 7.01. The Hall–Kier alpha value is -2.09. The zero-order valence-corrected chi connectivity index (χ0v) is 11.8. The van der Waals surface area contributed by atoms with Gasteiger partial charge in [-0.15, -0.1) is 0 Å². The molecule has 0 saturated carbocycles. The summed E-state index contributed by atoms with van der Waals surface area (Å²) in [4.78, 5) is 11.9. The van der Waals surface area contributed by atoms with Crippen LogP contribution >= 0.6 is 0 Å². The summed E-state index contributed by atoms with van der Waals surface area (Å²) in [6.45, 7) is 1.94. The predicted molar refractivity (Wildman–Crippen MR) is 80.9 cm³/mol. The fourth-order valence-corrected chi connectivity index (χ4v) is 2.12. The van der Waals surface area contributed by atoms with Gasteiger partial charge in [-0.2, -0.15) is 0 Å². The molecule has 0 heterocycles. The van der Waals surface area contributed by atoms with Gasteiger partial charge in [0, 0.05) is 12.8 Å². The Bertz CT molecular complexity index is 520. The molecule has 0 unspecified atom stereocenters. The van der Waals surface area contributed by atoms with Crippen LogP contribution in [0.25, 0.3) is 0 Å². The minimum absolute atomic E-state index is 0.0827. The molecule has 0 fully saturated rings. The Labute approximate surface area is 120 Å². The predicted octanol–water partition coefficient (Wildman–Crippen LogP) is 4.05. The van der Waals surface area contributed by atoms with E-state index in [1.165, 1.54) is 5.56 Å². The number of Topliss-reactive ketones (excluding diaryl/α,β-unsaturated/α-hetero) is 1. The maximum Gasteiger partial charge on any atom is 0.136 e. The molecule has 0 spiro atoms. The van der Waals surface area contributed by atoms with Crippen LogP contribution < -0.4 is 4.74 Å². The van der Waals surface area contributed by atoms with Gasteiger partial charge in [-0.25, -0.2) is 0 Å². The highest BCUT2D eigenvalue weighted by atomic mass is 16.5. The fraction of sp³-hybridized carbons (Fsp3) is 0.278. The van der Waals surface area contributed by atoms with E-state index in [0.717, 1.165) is 12.2 Å². The second-order valence-electron chi connectivity index (χ2n) is 4.97. The SMILES string of the molecule is C[C@@H](CC(=O)CCc1ccccc1)Oc1ccccc1. The molecule has 2 rings (SSSR count). The highest BCUT2D eigenvalue weighted by molar-refractivity contribution is 5.79. The summed E-state index contributed by atoms with van der Waals surface area (Å²) in [6, 6.07) is 19.7. The first-order valence-corrected chi connectivity index (χ1v) is 7.01. The fourth-order valence-electron chi connectivity index (χ4n) is 2.12. The zero-order valence-electron chi connectivity index (χ0n) is 11.8. The molecule has 0 aliphatic heterocycles. The van der Waals surface area contributed by atoms with E-state index in [-0.39, 0.29) is 11.9 Å². The molecule has 0 amide bonds. The van der Waals surface area contributed by atoms with Crippen LogP contribution in [0.3, 0.4) is 0 Å². The molecule has 0 aliphatic rings. The van der Waals surface area contributed by atoms with Gasteiger partial charge < -0.3 is 4.74 Å². The van der Waals surface area contributed by atoms with Crippen molar-refractivity contribution in [3.8, 4) is 5.75 Å². The van der Waals surface area contributed by atoms with Crippen LogP contribution in [-0.2, 0) is 11.2 Å². The van der Waals surface area contributed by atoms with Gasteiger partial charge in [0.2, 0.25) is 0 Å². The number of ether oxygens (including phenoxy) is 1. The largest absolute Gasteiger partial charge is 0.490 e. The topological polar surface area (TPSA) is 26.3 Å². The molecule has 2 aromatic carbocycles. The summed E-state index contributed by atoms with van der Waals surface area (Å²) in [5.41, 5.74) is 1.21. The number of rotatable bonds is 7. The minimum Gasteiger partial charge on any atom is -0.490 e. The molecule has 0 N–H and O–H groups in total. The van der Waals surface area contributed by atoms with Crippen molar-refractivity contribution in [3.63, 3.8) is 0 Å². The third-order valence-corrected chi connectivity index (χ3v) is 3.13. The molecule has 0 bridgehead atoms. The number of hydrogen-bond acceptors (Lipinski definition) is 2. The monoisotopic (exact) mass is 268 g/mol. The van der Waals surface area contributed by atoms with Crippen LogP contribution in [0.5, 0.6) is 5.75 Å². The van der Waals surface area contributed by atoms with Crippen LogP contribution in [0.15, 0.2) is 60.7 Å². The summed E-state index contributed by atoms with van der Waals surface area (Å²) in [5, 5.41) is 0. The van der Waals surface area contributed by atoms with Crippen LogP contribution in [0.1, 0.15) is 25.3 Å². The van der Waals surface area contributed by atoms with Gasteiger partial charge in [0.25, 0.3) is 0 Å². The molecule has 2 nitrogen and oxygen atoms in total. The third-order valence-electron chi connectivity index (χ3n) is 3.13. The van der Waals surface area contributed by atoms with E-state index in [9.17, 15) is 4.79 Å². The van der Waals surface area contributed by atoms with Crippen molar-refractivity contribution >= 4 is 5.78 Å². The lowest BCUT2D eigenvalue weighted by Gasteiger charge is -2.13. The smallest absolute Gasteiger partial charge is 0.136 e. The van der Waals surface area contributed by atoms with Crippen LogP contribution in [0.2, 0.25) is 0 Å². The number of aryl methyl sites for hydroxylation is 1. The minimum atomic E-state index is -0.0827. The van der Waals surface area contributed by atoms with Gasteiger partial charge in [-0.3, -0.25) is 4.79 Å². The summed E-state index contributed by atoms with van der Waals surface area (Å²) < 4.78 is 5.72. The number of benzene rings is 2. The van der Waals surface area contributed by atoms with Crippen molar-refractivity contribution in [1.82, 2.24) is 0 Å². The summed E-state index contributed by atoms with van der Waals surface area (Å²) >= 11 is 0. The standard InChI is InChI=1S/C18H20O2/c1-15(20-18-10-6-3-7-11-18)14-17(19)13-12-16-8-4-2-5-9-16/h2-11,15H,12-14H2,1H3/t15-/m0/s1. The summed E-state index contributed by atoms with van der Waals surface area (Å²) in [5.74, 6) is 1.06. The average molecular weight is 268 g/mol. The van der Waals surface area contributed by atoms with E-state index in [0.29, 0.717) is 12.8 Å². The van der Waals surface area contributed by atoms with Gasteiger partial charge in [-0.1, -0.05) is 48.5 Å². The second-order valence-corrected chi connectivity index (χ2v) is 4.97. The highest BCUT2D eigenvalue weighted by Gasteiger charge is 2.10. The lowest BCUT2D eigenvalue weighted by molar-refractivity contribution is -0.120. The second kappa shape index (κ2) is 7.49. The Morgan fingerprint density at radius 3 is 2.25 bits per heavy atom. The van der Waals surface area contributed by atoms with E-state index in [1.807, 2.05) is 55.5 Å². The van der Waals surface area contributed by atoms with Crippen LogP contribution in [-0.4, -0.2) is 11.9 Å². The van der Waals surface area contributed by atoms with Crippen molar-refractivity contribution in [2.24, 2.45) is 0 Å². The molecule has 0 saturated heterocycles. The normalized spacial score (nSPS) is 11.8. The van der Waals surface area contributed by atoms with Gasteiger partial charge in [0.05, 0.1) is 0 Å². The molecule has 0 aliphatic carbocycles. The van der Waals surface area contributed by atoms with E-state index < -0.39 is 0 Å². The Morgan fingerprint density at radius 2 is 1.60 bits per heavy atom. The van der Waals surface area contributed by atoms with Gasteiger partial charge in [0.15, 0.2) is 0 Å². The first-order chi connectivity index (χ1) is 9.74. The summed E-state index contributed by atoms with van der Waals surface area (Å²) in [7, 11) is 0. The maximum atomic E-state index is 11.9.